The van der Waals surface area contributed by atoms with Gasteiger partial charge in [0.05, 0.1) is 23.2 Å². The Balaban J connectivity index is 1.44. The number of carbonyl (C=O) groups is 1. The zero-order valence-corrected chi connectivity index (χ0v) is 17.8. The molecule has 4 aromatic rings. The average Bonchev–Trinajstić information content (AvgIpc) is 3.42. The molecule has 2 aromatic carbocycles. The van der Waals surface area contributed by atoms with Crippen LogP contribution in [0.25, 0.3) is 10.9 Å². The highest BCUT2D eigenvalue weighted by Gasteiger charge is 2.17. The quantitative estimate of drug-likeness (QED) is 0.352. The largest absolute Gasteiger partial charge is 0.454 e. The van der Waals surface area contributed by atoms with Gasteiger partial charge < -0.3 is 19.3 Å². The first kappa shape index (κ1) is 20.1. The van der Waals surface area contributed by atoms with Crippen molar-refractivity contribution >= 4 is 34.4 Å². The van der Waals surface area contributed by atoms with Crippen LogP contribution in [0.1, 0.15) is 11.3 Å². The molecule has 162 valence electrons. The van der Waals surface area contributed by atoms with Crippen LogP contribution in [0.2, 0.25) is 0 Å². The summed E-state index contributed by atoms with van der Waals surface area (Å²) in [6.45, 7) is 2.20. The van der Waals surface area contributed by atoms with Crippen molar-refractivity contribution in [2.75, 3.05) is 17.9 Å². The predicted molar refractivity (Wildman–Crippen MR) is 118 cm³/mol. The zero-order chi connectivity index (χ0) is 22.1. The molecule has 0 bridgehead atoms. The number of hydrogen-bond donors (Lipinski definition) is 1. The van der Waals surface area contributed by atoms with E-state index < -0.39 is 0 Å². The Morgan fingerprint density at radius 1 is 1.16 bits per heavy atom. The summed E-state index contributed by atoms with van der Waals surface area (Å²) in [5.41, 5.74) is 1.26. The Labute approximate surface area is 186 Å². The fourth-order valence-electron chi connectivity index (χ4n) is 3.35. The summed E-state index contributed by atoms with van der Waals surface area (Å²) in [6.07, 6.45) is 0. The Hall–Kier alpha value is -3.79. The lowest BCUT2D eigenvalue weighted by Crippen LogP contribution is -2.25. The van der Waals surface area contributed by atoms with E-state index in [1.807, 2.05) is 24.3 Å². The number of aryl methyl sites for hydroxylation is 1. The number of anilines is 1. The second-order valence-corrected chi connectivity index (χ2v) is 8.09. The van der Waals surface area contributed by atoms with E-state index in [4.69, 9.17) is 14.0 Å². The highest BCUT2D eigenvalue weighted by atomic mass is 32.2. The van der Waals surface area contributed by atoms with Gasteiger partial charge in [0.15, 0.2) is 22.5 Å². The van der Waals surface area contributed by atoms with Gasteiger partial charge in [-0.1, -0.05) is 35.1 Å². The first-order chi connectivity index (χ1) is 15.6. The summed E-state index contributed by atoms with van der Waals surface area (Å²) < 4.78 is 17.3. The van der Waals surface area contributed by atoms with Gasteiger partial charge in [-0.05, 0) is 36.8 Å². The highest BCUT2D eigenvalue weighted by Crippen LogP contribution is 2.33. The lowest BCUT2D eigenvalue weighted by molar-refractivity contribution is -0.113. The third-order valence-electron chi connectivity index (χ3n) is 4.83. The molecule has 0 saturated heterocycles. The lowest BCUT2D eigenvalue weighted by atomic mass is 10.2. The van der Waals surface area contributed by atoms with Gasteiger partial charge >= 0.3 is 0 Å². The highest BCUT2D eigenvalue weighted by molar-refractivity contribution is 7.99. The zero-order valence-electron chi connectivity index (χ0n) is 17.0. The molecule has 32 heavy (non-hydrogen) atoms. The fourth-order valence-corrected chi connectivity index (χ4v) is 4.15. The predicted octanol–water partition coefficient (Wildman–Crippen LogP) is 3.20. The van der Waals surface area contributed by atoms with E-state index in [-0.39, 0.29) is 30.6 Å². The summed E-state index contributed by atoms with van der Waals surface area (Å²) in [7, 11) is 0. The summed E-state index contributed by atoms with van der Waals surface area (Å²) in [6, 6.07) is 14.3. The van der Waals surface area contributed by atoms with Crippen LogP contribution < -0.4 is 20.3 Å². The van der Waals surface area contributed by atoms with Crippen LogP contribution in [0.4, 0.5) is 5.82 Å². The van der Waals surface area contributed by atoms with Crippen LogP contribution >= 0.6 is 11.8 Å². The normalized spacial score (nSPS) is 12.3. The van der Waals surface area contributed by atoms with Gasteiger partial charge in [0.2, 0.25) is 12.7 Å². The molecule has 0 unspecified atom stereocenters. The number of thioether (sulfide) groups is 1. The molecule has 0 saturated carbocycles. The topological polar surface area (TPSA) is 108 Å². The van der Waals surface area contributed by atoms with Gasteiger partial charge in [0.1, 0.15) is 5.76 Å². The minimum absolute atomic E-state index is 0.0534. The molecule has 1 amide bonds. The van der Waals surface area contributed by atoms with Crippen molar-refractivity contribution in [1.29, 1.82) is 0 Å². The molecule has 1 N–H and O–H groups in total. The van der Waals surface area contributed by atoms with Crippen molar-refractivity contribution in [3.05, 3.63) is 70.2 Å². The second kappa shape index (κ2) is 8.39. The van der Waals surface area contributed by atoms with Crippen LogP contribution in [0.5, 0.6) is 11.5 Å². The molecular weight excluding hydrogens is 432 g/mol. The summed E-state index contributed by atoms with van der Waals surface area (Å²) in [5.74, 6) is 2.03. The van der Waals surface area contributed by atoms with Crippen molar-refractivity contribution in [2.45, 2.75) is 18.6 Å². The number of fused-ring (bicyclic) bond motifs is 2. The third kappa shape index (κ3) is 4.04. The maximum Gasteiger partial charge on any atom is 0.262 e. The number of rotatable bonds is 6. The number of aromatic nitrogens is 3. The van der Waals surface area contributed by atoms with E-state index in [9.17, 15) is 9.59 Å². The van der Waals surface area contributed by atoms with Crippen LogP contribution in [0, 0.1) is 6.92 Å². The molecule has 0 atom stereocenters. The van der Waals surface area contributed by atoms with Gasteiger partial charge in [0.25, 0.3) is 5.56 Å². The Bertz CT molecular complexity index is 1380. The smallest absolute Gasteiger partial charge is 0.262 e. The molecule has 0 aliphatic carbocycles. The molecular formula is C22H18N4O5S. The molecule has 0 fully saturated rings. The maximum atomic E-state index is 13.3. The monoisotopic (exact) mass is 450 g/mol. The number of nitrogens with zero attached hydrogens (tertiary/aromatic N) is 3. The molecule has 2 aromatic heterocycles. The molecule has 3 heterocycles. The molecule has 9 nitrogen and oxygen atoms in total. The number of benzene rings is 2. The summed E-state index contributed by atoms with van der Waals surface area (Å²) in [4.78, 5) is 30.3. The minimum atomic E-state index is -0.277. The van der Waals surface area contributed by atoms with Crippen molar-refractivity contribution in [1.82, 2.24) is 14.7 Å². The molecule has 1 aliphatic heterocycles. The van der Waals surface area contributed by atoms with E-state index in [1.54, 1.807) is 35.8 Å². The van der Waals surface area contributed by atoms with E-state index >= 15 is 0 Å². The Morgan fingerprint density at radius 2 is 2.00 bits per heavy atom. The van der Waals surface area contributed by atoms with Gasteiger partial charge in [-0.2, -0.15) is 0 Å². The number of carbonyl (C=O) groups excluding carboxylic acids is 1. The minimum Gasteiger partial charge on any atom is -0.454 e. The SMILES string of the molecule is Cc1cc(NC(=O)CSc2nc3ccccc3c(=O)n2Cc2ccc3c(c2)OCO3)no1. The first-order valence-corrected chi connectivity index (χ1v) is 10.8. The van der Waals surface area contributed by atoms with E-state index in [2.05, 4.69) is 15.5 Å². The second-order valence-electron chi connectivity index (χ2n) is 7.15. The first-order valence-electron chi connectivity index (χ1n) is 9.81. The van der Waals surface area contributed by atoms with Crippen LogP contribution in [-0.2, 0) is 11.3 Å². The molecule has 10 heteroatoms. The molecule has 1 aliphatic rings. The lowest BCUT2D eigenvalue weighted by Gasteiger charge is -2.13. The Kier molecular flexibility index (Phi) is 5.28. The number of para-hydroxylation sites is 1. The van der Waals surface area contributed by atoms with Crippen molar-refractivity contribution < 1.29 is 18.8 Å². The fraction of sp³-hybridized carbons (Fsp3) is 0.182. The number of nitrogens with one attached hydrogen (secondary N) is 1. The summed E-state index contributed by atoms with van der Waals surface area (Å²) >= 11 is 1.18. The van der Waals surface area contributed by atoms with E-state index in [0.717, 1.165) is 5.56 Å². The van der Waals surface area contributed by atoms with Gasteiger partial charge in [-0.3, -0.25) is 14.2 Å². The van der Waals surface area contributed by atoms with E-state index in [0.29, 0.717) is 39.1 Å². The van der Waals surface area contributed by atoms with Crippen molar-refractivity contribution in [2.24, 2.45) is 0 Å². The number of amides is 1. The van der Waals surface area contributed by atoms with Crippen LogP contribution in [0.15, 0.2) is 63.0 Å². The van der Waals surface area contributed by atoms with Gasteiger partial charge in [-0.15, -0.1) is 0 Å². The summed E-state index contributed by atoms with van der Waals surface area (Å²) in [5, 5.41) is 7.39. The maximum absolute atomic E-state index is 13.3. The van der Waals surface area contributed by atoms with Gasteiger partial charge in [0, 0.05) is 6.07 Å². The molecule has 5 rings (SSSR count). The third-order valence-corrected chi connectivity index (χ3v) is 5.81. The van der Waals surface area contributed by atoms with E-state index in [1.165, 1.54) is 11.8 Å². The van der Waals surface area contributed by atoms with Crippen LogP contribution in [0.3, 0.4) is 0 Å². The number of ether oxygens (including phenoxy) is 2. The van der Waals surface area contributed by atoms with Crippen LogP contribution in [-0.4, -0.2) is 33.2 Å². The average molecular weight is 450 g/mol. The molecule has 0 radical (unpaired) electrons. The van der Waals surface area contributed by atoms with Crippen molar-refractivity contribution in [3.63, 3.8) is 0 Å². The standard InChI is InChI=1S/C22H18N4O5S/c1-13-8-19(25-31-13)24-20(27)11-32-22-23-16-5-3-2-4-15(16)21(28)26(22)10-14-6-7-17-18(9-14)30-12-29-17/h2-9H,10-12H2,1H3,(H,24,25,27). The van der Waals surface area contributed by atoms with Crippen molar-refractivity contribution in [3.8, 4) is 11.5 Å². The Morgan fingerprint density at radius 3 is 2.84 bits per heavy atom. The number of hydrogen-bond acceptors (Lipinski definition) is 8. The molecule has 0 spiro atoms. The van der Waals surface area contributed by atoms with Gasteiger partial charge in [-0.25, -0.2) is 4.98 Å².